The summed E-state index contributed by atoms with van der Waals surface area (Å²) in [7, 11) is 0. The molecule has 0 aliphatic carbocycles. The van der Waals surface area contributed by atoms with Crippen LogP contribution in [0.25, 0.3) is 11.3 Å². The molecule has 0 radical (unpaired) electrons. The van der Waals surface area contributed by atoms with E-state index < -0.39 is 0 Å². The summed E-state index contributed by atoms with van der Waals surface area (Å²) in [5, 5.41) is 3.90. The lowest BCUT2D eigenvalue weighted by molar-refractivity contribution is 0.0618. The second-order valence-corrected chi connectivity index (χ2v) is 6.64. The van der Waals surface area contributed by atoms with Gasteiger partial charge in [-0.15, -0.1) is 0 Å². The van der Waals surface area contributed by atoms with Crippen LogP contribution >= 0.6 is 0 Å². The Kier molecular flexibility index (Phi) is 4.98. The van der Waals surface area contributed by atoms with E-state index in [-0.39, 0.29) is 17.4 Å². The van der Waals surface area contributed by atoms with Crippen LogP contribution in [-0.2, 0) is 6.54 Å². The fourth-order valence-electron chi connectivity index (χ4n) is 3.24. The number of benzene rings is 2. The molecular formula is C21H20FN3O2. The zero-order valence-corrected chi connectivity index (χ0v) is 14.8. The predicted octanol–water partition coefficient (Wildman–Crippen LogP) is 3.44. The van der Waals surface area contributed by atoms with Crippen molar-refractivity contribution in [2.24, 2.45) is 0 Å². The van der Waals surface area contributed by atoms with Crippen molar-refractivity contribution in [3.8, 4) is 11.3 Å². The molecular weight excluding hydrogens is 345 g/mol. The number of hydrogen-bond donors (Lipinski definition) is 0. The van der Waals surface area contributed by atoms with Crippen molar-refractivity contribution in [2.75, 3.05) is 26.2 Å². The second kappa shape index (κ2) is 7.72. The maximum absolute atomic E-state index is 13.0. The van der Waals surface area contributed by atoms with E-state index in [0.717, 1.165) is 19.6 Å². The molecule has 1 aromatic heterocycles. The van der Waals surface area contributed by atoms with Gasteiger partial charge in [-0.25, -0.2) is 4.39 Å². The summed E-state index contributed by atoms with van der Waals surface area (Å²) in [6.07, 6.45) is 0. The summed E-state index contributed by atoms with van der Waals surface area (Å²) in [6, 6.07) is 17.9. The first-order valence-corrected chi connectivity index (χ1v) is 8.97. The zero-order chi connectivity index (χ0) is 18.6. The Bertz CT molecular complexity index is 901. The van der Waals surface area contributed by atoms with Crippen LogP contribution in [-0.4, -0.2) is 47.0 Å². The molecule has 3 aromatic rings. The van der Waals surface area contributed by atoms with Crippen molar-refractivity contribution in [2.45, 2.75) is 6.54 Å². The van der Waals surface area contributed by atoms with Gasteiger partial charge in [0, 0.05) is 44.4 Å². The Morgan fingerprint density at radius 2 is 1.70 bits per heavy atom. The lowest BCUT2D eigenvalue weighted by atomic mass is 10.1. The minimum absolute atomic E-state index is 0.133. The number of aromatic nitrogens is 1. The van der Waals surface area contributed by atoms with Crippen molar-refractivity contribution in [3.05, 3.63) is 77.7 Å². The van der Waals surface area contributed by atoms with Crippen LogP contribution in [0.2, 0.25) is 0 Å². The van der Waals surface area contributed by atoms with Crippen molar-refractivity contribution in [1.82, 2.24) is 15.0 Å². The summed E-state index contributed by atoms with van der Waals surface area (Å²) in [6.45, 7) is 3.85. The van der Waals surface area contributed by atoms with E-state index in [0.29, 0.717) is 24.4 Å². The van der Waals surface area contributed by atoms with Gasteiger partial charge in [0.25, 0.3) is 5.91 Å². The SMILES string of the molecule is O=C(c1cc(-c2ccc(F)cc2)on1)N1CCN(Cc2ccccc2)CC1. The number of carbonyl (C=O) groups excluding carboxylic acids is 1. The molecule has 27 heavy (non-hydrogen) atoms. The molecule has 0 bridgehead atoms. The summed E-state index contributed by atoms with van der Waals surface area (Å²) >= 11 is 0. The maximum atomic E-state index is 13.0. The molecule has 2 heterocycles. The molecule has 0 atom stereocenters. The van der Waals surface area contributed by atoms with Gasteiger partial charge >= 0.3 is 0 Å². The van der Waals surface area contributed by atoms with E-state index in [9.17, 15) is 9.18 Å². The number of piperazine rings is 1. The molecule has 1 aliphatic rings. The maximum Gasteiger partial charge on any atom is 0.276 e. The molecule has 0 unspecified atom stereocenters. The average Bonchev–Trinajstić information content (AvgIpc) is 3.20. The molecule has 138 valence electrons. The Labute approximate surface area is 157 Å². The van der Waals surface area contributed by atoms with Gasteiger partial charge in [0.05, 0.1) is 0 Å². The zero-order valence-electron chi connectivity index (χ0n) is 14.8. The molecule has 5 nitrogen and oxygen atoms in total. The molecule has 0 saturated carbocycles. The molecule has 2 aromatic carbocycles. The van der Waals surface area contributed by atoms with E-state index in [1.54, 1.807) is 23.1 Å². The summed E-state index contributed by atoms with van der Waals surface area (Å²) in [5.41, 5.74) is 2.25. The lowest BCUT2D eigenvalue weighted by Gasteiger charge is -2.34. The van der Waals surface area contributed by atoms with E-state index in [2.05, 4.69) is 22.2 Å². The summed E-state index contributed by atoms with van der Waals surface area (Å²) in [5.74, 6) is 0.00970. The number of amides is 1. The van der Waals surface area contributed by atoms with Gasteiger partial charge in [-0.05, 0) is 29.8 Å². The topological polar surface area (TPSA) is 49.6 Å². The standard InChI is InChI=1S/C21H20FN3O2/c22-18-8-6-17(7-9-18)20-14-19(23-27-20)21(26)25-12-10-24(11-13-25)15-16-4-2-1-3-5-16/h1-9,14H,10-13,15H2. The van der Waals surface area contributed by atoms with E-state index in [4.69, 9.17) is 4.52 Å². The number of carbonyl (C=O) groups is 1. The van der Waals surface area contributed by atoms with E-state index in [1.807, 2.05) is 18.2 Å². The third-order valence-corrected chi connectivity index (χ3v) is 4.77. The second-order valence-electron chi connectivity index (χ2n) is 6.64. The Morgan fingerprint density at radius 3 is 2.41 bits per heavy atom. The highest BCUT2D eigenvalue weighted by atomic mass is 19.1. The molecule has 1 fully saturated rings. The highest BCUT2D eigenvalue weighted by molar-refractivity contribution is 5.93. The van der Waals surface area contributed by atoms with Gasteiger partial charge < -0.3 is 9.42 Å². The van der Waals surface area contributed by atoms with Crippen LogP contribution in [0.15, 0.2) is 65.2 Å². The van der Waals surface area contributed by atoms with Crippen LogP contribution in [0.1, 0.15) is 16.1 Å². The smallest absolute Gasteiger partial charge is 0.276 e. The molecule has 0 spiro atoms. The van der Waals surface area contributed by atoms with Crippen molar-refractivity contribution in [3.63, 3.8) is 0 Å². The first-order valence-electron chi connectivity index (χ1n) is 8.97. The number of halogens is 1. The first-order chi connectivity index (χ1) is 13.2. The Hall–Kier alpha value is -2.99. The fraction of sp³-hybridized carbons (Fsp3) is 0.238. The number of nitrogens with zero attached hydrogens (tertiary/aromatic N) is 3. The Balaban J connectivity index is 1.36. The minimum Gasteiger partial charge on any atom is -0.355 e. The van der Waals surface area contributed by atoms with Crippen LogP contribution in [0, 0.1) is 5.82 Å². The lowest BCUT2D eigenvalue weighted by Crippen LogP contribution is -2.48. The van der Waals surface area contributed by atoms with Crippen LogP contribution in [0.4, 0.5) is 4.39 Å². The average molecular weight is 365 g/mol. The van der Waals surface area contributed by atoms with Crippen LogP contribution in [0.3, 0.4) is 0 Å². The van der Waals surface area contributed by atoms with Gasteiger partial charge in [-0.3, -0.25) is 9.69 Å². The molecule has 6 heteroatoms. The monoisotopic (exact) mass is 365 g/mol. The first kappa shape index (κ1) is 17.4. The highest BCUT2D eigenvalue weighted by Gasteiger charge is 2.24. The third-order valence-electron chi connectivity index (χ3n) is 4.77. The fourth-order valence-corrected chi connectivity index (χ4v) is 3.24. The van der Waals surface area contributed by atoms with Gasteiger partial charge in [0.1, 0.15) is 5.82 Å². The minimum atomic E-state index is -0.317. The quantitative estimate of drug-likeness (QED) is 0.711. The van der Waals surface area contributed by atoms with Gasteiger partial charge in [-0.1, -0.05) is 35.5 Å². The van der Waals surface area contributed by atoms with Gasteiger partial charge in [-0.2, -0.15) is 0 Å². The highest BCUT2D eigenvalue weighted by Crippen LogP contribution is 2.21. The van der Waals surface area contributed by atoms with Crippen LogP contribution in [0.5, 0.6) is 0 Å². The van der Waals surface area contributed by atoms with Crippen LogP contribution < -0.4 is 0 Å². The van der Waals surface area contributed by atoms with E-state index in [1.165, 1.54) is 17.7 Å². The van der Waals surface area contributed by atoms with Crippen molar-refractivity contribution >= 4 is 5.91 Å². The molecule has 1 saturated heterocycles. The number of rotatable bonds is 4. The normalized spacial score (nSPS) is 15.1. The van der Waals surface area contributed by atoms with Crippen molar-refractivity contribution < 1.29 is 13.7 Å². The van der Waals surface area contributed by atoms with Crippen molar-refractivity contribution in [1.29, 1.82) is 0 Å². The summed E-state index contributed by atoms with van der Waals surface area (Å²) in [4.78, 5) is 16.8. The predicted molar refractivity (Wildman–Crippen MR) is 99.5 cm³/mol. The summed E-state index contributed by atoms with van der Waals surface area (Å²) < 4.78 is 18.3. The number of hydrogen-bond acceptors (Lipinski definition) is 4. The molecule has 1 amide bonds. The largest absolute Gasteiger partial charge is 0.355 e. The van der Waals surface area contributed by atoms with E-state index >= 15 is 0 Å². The molecule has 1 aliphatic heterocycles. The van der Waals surface area contributed by atoms with Gasteiger partial charge in [0.15, 0.2) is 11.5 Å². The molecule has 0 N–H and O–H groups in total. The van der Waals surface area contributed by atoms with Gasteiger partial charge in [0.2, 0.25) is 0 Å². The molecule has 4 rings (SSSR count). The third kappa shape index (κ3) is 4.06. The Morgan fingerprint density at radius 1 is 1.00 bits per heavy atom.